The highest BCUT2D eigenvalue weighted by Gasteiger charge is 2.17. The maximum atomic E-state index is 11.1. The molecule has 0 radical (unpaired) electrons. The van der Waals surface area contributed by atoms with Gasteiger partial charge in [0.15, 0.2) is 0 Å². The van der Waals surface area contributed by atoms with E-state index < -0.39 is 5.97 Å². The third-order valence-corrected chi connectivity index (χ3v) is 2.63. The van der Waals surface area contributed by atoms with Crippen molar-refractivity contribution < 1.29 is 14.3 Å². The van der Waals surface area contributed by atoms with Crippen LogP contribution in [0.2, 0.25) is 0 Å². The van der Waals surface area contributed by atoms with Gasteiger partial charge in [0.25, 0.3) is 0 Å². The van der Waals surface area contributed by atoms with Gasteiger partial charge in [0.2, 0.25) is 5.91 Å². The van der Waals surface area contributed by atoms with Crippen molar-refractivity contribution in [1.82, 2.24) is 5.32 Å². The van der Waals surface area contributed by atoms with E-state index >= 15 is 0 Å². The van der Waals surface area contributed by atoms with Crippen LogP contribution >= 0.6 is 0 Å². The van der Waals surface area contributed by atoms with E-state index in [9.17, 15) is 9.59 Å². The Labute approximate surface area is 84.0 Å². The van der Waals surface area contributed by atoms with Crippen molar-refractivity contribution in [2.24, 2.45) is 5.92 Å². The fourth-order valence-electron chi connectivity index (χ4n) is 1.46. The summed E-state index contributed by atoms with van der Waals surface area (Å²) < 4.78 is 4.38. The van der Waals surface area contributed by atoms with Gasteiger partial charge in [-0.3, -0.25) is 9.59 Å². The largest absolute Gasteiger partial charge is 0.469 e. The number of carbonyl (C=O) groups is 2. The molecule has 1 rings (SSSR count). The molecular formula is C10H17NO3. The van der Waals surface area contributed by atoms with E-state index in [1.165, 1.54) is 26.4 Å². The summed E-state index contributed by atoms with van der Waals surface area (Å²) in [5.41, 5.74) is 0. The van der Waals surface area contributed by atoms with Crippen molar-refractivity contribution in [2.45, 2.75) is 32.1 Å². The van der Waals surface area contributed by atoms with E-state index in [0.29, 0.717) is 6.54 Å². The Kier molecular flexibility index (Phi) is 4.43. The molecule has 4 heteroatoms. The summed E-state index contributed by atoms with van der Waals surface area (Å²) in [7, 11) is 1.28. The van der Waals surface area contributed by atoms with Gasteiger partial charge in [-0.25, -0.2) is 0 Å². The number of amides is 1. The first-order chi connectivity index (χ1) is 6.72. The number of rotatable bonds is 5. The summed E-state index contributed by atoms with van der Waals surface area (Å²) in [5.74, 6) is 0.0655. The molecule has 1 fully saturated rings. The van der Waals surface area contributed by atoms with Gasteiger partial charge in [-0.1, -0.05) is 19.3 Å². The number of nitrogens with one attached hydrogen (secondary N) is 1. The number of esters is 1. The van der Waals surface area contributed by atoms with Gasteiger partial charge in [-0.15, -0.1) is 0 Å². The van der Waals surface area contributed by atoms with Crippen LogP contribution in [0.5, 0.6) is 0 Å². The molecule has 1 saturated carbocycles. The smallest absolute Gasteiger partial charge is 0.315 e. The predicted molar refractivity (Wildman–Crippen MR) is 51.6 cm³/mol. The highest BCUT2D eigenvalue weighted by molar-refractivity contribution is 5.94. The first kappa shape index (κ1) is 11.0. The lowest BCUT2D eigenvalue weighted by Crippen LogP contribution is -2.29. The summed E-state index contributed by atoms with van der Waals surface area (Å²) >= 11 is 0. The molecule has 0 saturated heterocycles. The number of carbonyl (C=O) groups excluding carboxylic acids is 2. The summed E-state index contributed by atoms with van der Waals surface area (Å²) in [6.45, 7) is 0.681. The van der Waals surface area contributed by atoms with Gasteiger partial charge < -0.3 is 10.1 Å². The quantitative estimate of drug-likeness (QED) is 0.527. The van der Waals surface area contributed by atoms with Gasteiger partial charge in [-0.05, 0) is 12.3 Å². The Bertz CT molecular complexity index is 211. The zero-order chi connectivity index (χ0) is 10.4. The second-order valence-corrected chi connectivity index (χ2v) is 3.69. The molecule has 14 heavy (non-hydrogen) atoms. The first-order valence-electron chi connectivity index (χ1n) is 5.06. The van der Waals surface area contributed by atoms with Crippen LogP contribution in [-0.4, -0.2) is 25.5 Å². The van der Waals surface area contributed by atoms with E-state index in [0.717, 1.165) is 12.3 Å². The Morgan fingerprint density at radius 2 is 2.14 bits per heavy atom. The monoisotopic (exact) mass is 199 g/mol. The fourth-order valence-corrected chi connectivity index (χ4v) is 1.46. The summed E-state index contributed by atoms with van der Waals surface area (Å²) in [6.07, 6.45) is 4.76. The molecule has 0 aromatic rings. The number of ether oxygens (including phenoxy) is 1. The van der Waals surface area contributed by atoms with Crippen LogP contribution in [0, 0.1) is 5.92 Å². The Hall–Kier alpha value is -1.06. The topological polar surface area (TPSA) is 55.4 Å². The van der Waals surface area contributed by atoms with E-state index in [1.807, 2.05) is 0 Å². The van der Waals surface area contributed by atoms with Crippen molar-refractivity contribution in [1.29, 1.82) is 0 Å². The Morgan fingerprint density at radius 1 is 1.43 bits per heavy atom. The lowest BCUT2D eigenvalue weighted by atomic mass is 9.83. The van der Waals surface area contributed by atoms with Crippen molar-refractivity contribution in [3.05, 3.63) is 0 Å². The molecule has 1 N–H and O–H groups in total. The Morgan fingerprint density at radius 3 is 2.64 bits per heavy atom. The molecule has 4 nitrogen and oxygen atoms in total. The zero-order valence-corrected chi connectivity index (χ0v) is 8.54. The maximum absolute atomic E-state index is 11.1. The molecule has 0 unspecified atom stereocenters. The molecule has 1 aliphatic carbocycles. The fraction of sp³-hybridized carbons (Fsp3) is 0.800. The third-order valence-electron chi connectivity index (χ3n) is 2.63. The minimum absolute atomic E-state index is 0.166. The standard InChI is InChI=1S/C10H17NO3/c1-14-10(13)7-9(12)11-6-5-8-3-2-4-8/h8H,2-7H2,1H3,(H,11,12). The first-order valence-corrected chi connectivity index (χ1v) is 5.06. The highest BCUT2D eigenvalue weighted by Crippen LogP contribution is 2.28. The summed E-state index contributed by atoms with van der Waals surface area (Å²) in [4.78, 5) is 21.8. The number of hydrogen-bond acceptors (Lipinski definition) is 3. The molecular weight excluding hydrogens is 182 g/mol. The molecule has 0 atom stereocenters. The minimum Gasteiger partial charge on any atom is -0.469 e. The normalized spacial score (nSPS) is 15.8. The van der Waals surface area contributed by atoms with E-state index in [4.69, 9.17) is 0 Å². The van der Waals surface area contributed by atoms with Crippen LogP contribution in [0.1, 0.15) is 32.1 Å². The van der Waals surface area contributed by atoms with Gasteiger partial charge >= 0.3 is 5.97 Å². The van der Waals surface area contributed by atoms with Crippen LogP contribution in [0.15, 0.2) is 0 Å². The van der Waals surface area contributed by atoms with Gasteiger partial charge in [0, 0.05) is 6.54 Å². The zero-order valence-electron chi connectivity index (χ0n) is 8.54. The second kappa shape index (κ2) is 5.62. The third kappa shape index (κ3) is 3.77. The van der Waals surface area contributed by atoms with Gasteiger partial charge in [0.1, 0.15) is 6.42 Å². The minimum atomic E-state index is -0.480. The molecule has 1 aliphatic rings. The van der Waals surface area contributed by atoms with Crippen molar-refractivity contribution in [2.75, 3.05) is 13.7 Å². The molecule has 0 aromatic heterocycles. The number of methoxy groups -OCH3 is 1. The lowest BCUT2D eigenvalue weighted by Gasteiger charge is -2.25. The van der Waals surface area contributed by atoms with Crippen LogP contribution in [0.25, 0.3) is 0 Å². The molecule has 80 valence electrons. The molecule has 0 heterocycles. The van der Waals surface area contributed by atoms with E-state index in [1.54, 1.807) is 0 Å². The average molecular weight is 199 g/mol. The molecule has 0 aromatic carbocycles. The van der Waals surface area contributed by atoms with Crippen LogP contribution in [-0.2, 0) is 14.3 Å². The summed E-state index contributed by atoms with van der Waals surface area (Å²) in [6, 6.07) is 0. The number of hydrogen-bond donors (Lipinski definition) is 1. The van der Waals surface area contributed by atoms with E-state index in [2.05, 4.69) is 10.1 Å². The van der Waals surface area contributed by atoms with Crippen LogP contribution in [0.4, 0.5) is 0 Å². The predicted octanol–water partition coefficient (Wildman–Crippen LogP) is 0.856. The average Bonchev–Trinajstić information content (AvgIpc) is 2.09. The van der Waals surface area contributed by atoms with Crippen LogP contribution in [0.3, 0.4) is 0 Å². The SMILES string of the molecule is COC(=O)CC(=O)NCCC1CCC1. The van der Waals surface area contributed by atoms with Gasteiger partial charge in [-0.2, -0.15) is 0 Å². The van der Waals surface area contributed by atoms with Gasteiger partial charge in [0.05, 0.1) is 7.11 Å². The van der Waals surface area contributed by atoms with Crippen molar-refractivity contribution in [3.8, 4) is 0 Å². The van der Waals surface area contributed by atoms with Crippen molar-refractivity contribution >= 4 is 11.9 Å². The van der Waals surface area contributed by atoms with Crippen molar-refractivity contribution in [3.63, 3.8) is 0 Å². The van der Waals surface area contributed by atoms with Crippen LogP contribution < -0.4 is 5.32 Å². The summed E-state index contributed by atoms with van der Waals surface area (Å²) in [5, 5.41) is 2.71. The molecule has 0 aliphatic heterocycles. The molecule has 0 bridgehead atoms. The molecule has 1 amide bonds. The molecule has 0 spiro atoms. The Balaban J connectivity index is 1.99. The second-order valence-electron chi connectivity index (χ2n) is 3.69. The lowest BCUT2D eigenvalue weighted by molar-refractivity contribution is -0.143. The maximum Gasteiger partial charge on any atom is 0.315 e. The highest BCUT2D eigenvalue weighted by atomic mass is 16.5. The van der Waals surface area contributed by atoms with E-state index in [-0.39, 0.29) is 12.3 Å².